The van der Waals surface area contributed by atoms with Crippen LogP contribution in [0.1, 0.15) is 40.0 Å². The molecule has 0 bridgehead atoms. The Hall–Kier alpha value is -1.01. The zero-order valence-corrected chi connectivity index (χ0v) is 9.92. The van der Waals surface area contributed by atoms with Crippen LogP contribution >= 0.6 is 0 Å². The van der Waals surface area contributed by atoms with Crippen molar-refractivity contribution in [3.63, 3.8) is 0 Å². The van der Waals surface area contributed by atoms with Crippen LogP contribution in [-0.4, -0.2) is 34.6 Å². The van der Waals surface area contributed by atoms with Crippen LogP contribution in [0.2, 0.25) is 0 Å². The van der Waals surface area contributed by atoms with Crippen molar-refractivity contribution in [2.24, 2.45) is 0 Å². The van der Waals surface area contributed by atoms with Crippen molar-refractivity contribution >= 4 is 5.97 Å². The SMILES string of the molecule is C#CCCCN(CCC(=O)O)C(C)(C)C. The molecule has 0 aliphatic heterocycles. The van der Waals surface area contributed by atoms with Gasteiger partial charge in [-0.05, 0) is 33.7 Å². The van der Waals surface area contributed by atoms with Gasteiger partial charge in [-0.25, -0.2) is 0 Å². The van der Waals surface area contributed by atoms with E-state index in [2.05, 4.69) is 31.6 Å². The van der Waals surface area contributed by atoms with Crippen molar-refractivity contribution in [1.82, 2.24) is 4.90 Å². The zero-order valence-electron chi connectivity index (χ0n) is 9.92. The summed E-state index contributed by atoms with van der Waals surface area (Å²) in [6.07, 6.45) is 7.04. The first-order chi connectivity index (χ1) is 6.88. The molecule has 0 spiro atoms. The number of carboxylic acids is 1. The summed E-state index contributed by atoms with van der Waals surface area (Å²) in [7, 11) is 0. The molecule has 0 saturated carbocycles. The van der Waals surface area contributed by atoms with Crippen molar-refractivity contribution in [3.05, 3.63) is 0 Å². The highest BCUT2D eigenvalue weighted by Gasteiger charge is 2.20. The van der Waals surface area contributed by atoms with Gasteiger partial charge in [-0.2, -0.15) is 0 Å². The average molecular weight is 211 g/mol. The molecular weight excluding hydrogens is 190 g/mol. The Morgan fingerprint density at radius 3 is 2.40 bits per heavy atom. The van der Waals surface area contributed by atoms with E-state index in [4.69, 9.17) is 11.5 Å². The van der Waals surface area contributed by atoms with E-state index >= 15 is 0 Å². The van der Waals surface area contributed by atoms with Gasteiger partial charge >= 0.3 is 5.97 Å². The Morgan fingerprint density at radius 1 is 1.40 bits per heavy atom. The summed E-state index contributed by atoms with van der Waals surface area (Å²) in [4.78, 5) is 12.7. The minimum absolute atomic E-state index is 0.00402. The fourth-order valence-electron chi connectivity index (χ4n) is 1.39. The molecule has 0 aliphatic carbocycles. The van der Waals surface area contributed by atoms with Crippen molar-refractivity contribution < 1.29 is 9.90 Å². The van der Waals surface area contributed by atoms with E-state index in [1.54, 1.807) is 0 Å². The van der Waals surface area contributed by atoms with Crippen LogP contribution in [0, 0.1) is 12.3 Å². The number of hydrogen-bond acceptors (Lipinski definition) is 2. The molecule has 0 heterocycles. The fraction of sp³-hybridized carbons (Fsp3) is 0.750. The summed E-state index contributed by atoms with van der Waals surface area (Å²) in [6.45, 7) is 7.71. The van der Waals surface area contributed by atoms with Crippen molar-refractivity contribution in [2.75, 3.05) is 13.1 Å². The molecule has 0 unspecified atom stereocenters. The number of terminal acetylenes is 1. The minimum Gasteiger partial charge on any atom is -0.481 e. The lowest BCUT2D eigenvalue weighted by Gasteiger charge is -2.35. The standard InChI is InChI=1S/C12H21NO2/c1-5-6-7-9-13(12(2,3)4)10-8-11(14)15/h1H,6-10H2,2-4H3,(H,14,15). The van der Waals surface area contributed by atoms with Crippen LogP contribution in [0.15, 0.2) is 0 Å². The highest BCUT2D eigenvalue weighted by molar-refractivity contribution is 5.66. The molecule has 3 heteroatoms. The lowest BCUT2D eigenvalue weighted by Crippen LogP contribution is -2.43. The normalized spacial score (nSPS) is 11.4. The molecular formula is C12H21NO2. The summed E-state index contributed by atoms with van der Waals surface area (Å²) in [6, 6.07) is 0. The minimum atomic E-state index is -0.749. The van der Waals surface area contributed by atoms with E-state index in [0.29, 0.717) is 6.54 Å². The molecule has 15 heavy (non-hydrogen) atoms. The van der Waals surface area contributed by atoms with Crippen molar-refractivity contribution in [1.29, 1.82) is 0 Å². The molecule has 0 atom stereocenters. The lowest BCUT2D eigenvalue weighted by molar-refractivity contribution is -0.137. The molecule has 0 fully saturated rings. The van der Waals surface area contributed by atoms with Crippen LogP contribution in [0.4, 0.5) is 0 Å². The van der Waals surface area contributed by atoms with Gasteiger partial charge in [0.2, 0.25) is 0 Å². The highest BCUT2D eigenvalue weighted by atomic mass is 16.4. The second-order valence-electron chi connectivity index (χ2n) is 4.61. The van der Waals surface area contributed by atoms with Gasteiger partial charge in [0.25, 0.3) is 0 Å². The van der Waals surface area contributed by atoms with Gasteiger partial charge in [-0.15, -0.1) is 12.3 Å². The maximum Gasteiger partial charge on any atom is 0.304 e. The van der Waals surface area contributed by atoms with E-state index in [9.17, 15) is 4.79 Å². The number of hydrogen-bond donors (Lipinski definition) is 1. The fourth-order valence-corrected chi connectivity index (χ4v) is 1.39. The molecule has 0 aromatic carbocycles. The third-order valence-corrected chi connectivity index (χ3v) is 2.29. The number of aliphatic carboxylic acids is 1. The van der Waals surface area contributed by atoms with E-state index in [1.807, 2.05) is 0 Å². The average Bonchev–Trinajstić information content (AvgIpc) is 2.08. The topological polar surface area (TPSA) is 40.5 Å². The second-order valence-corrected chi connectivity index (χ2v) is 4.61. The van der Waals surface area contributed by atoms with E-state index < -0.39 is 5.97 Å². The second kappa shape index (κ2) is 6.47. The maximum absolute atomic E-state index is 10.5. The first kappa shape index (κ1) is 14.0. The first-order valence-corrected chi connectivity index (χ1v) is 5.28. The Kier molecular flexibility index (Phi) is 6.03. The molecule has 86 valence electrons. The quantitative estimate of drug-likeness (QED) is 0.539. The van der Waals surface area contributed by atoms with E-state index in [-0.39, 0.29) is 12.0 Å². The number of nitrogens with zero attached hydrogens (tertiary/aromatic N) is 1. The number of unbranched alkanes of at least 4 members (excludes halogenated alkanes) is 1. The van der Waals surface area contributed by atoms with Crippen molar-refractivity contribution in [3.8, 4) is 12.3 Å². The Bertz CT molecular complexity index is 235. The van der Waals surface area contributed by atoms with Gasteiger partial charge in [0.15, 0.2) is 0 Å². The largest absolute Gasteiger partial charge is 0.481 e. The number of carbonyl (C=O) groups is 1. The predicted octanol–water partition coefficient (Wildman–Crippen LogP) is 1.97. The third kappa shape index (κ3) is 6.98. The molecule has 0 rings (SSSR count). The summed E-state index contributed by atoms with van der Waals surface area (Å²) in [5, 5.41) is 8.64. The van der Waals surface area contributed by atoms with E-state index in [1.165, 1.54) is 0 Å². The van der Waals surface area contributed by atoms with Gasteiger partial charge < -0.3 is 5.11 Å². The zero-order chi connectivity index (χ0) is 11.9. The number of carboxylic acid groups (broad SMARTS) is 1. The molecule has 0 aliphatic rings. The van der Waals surface area contributed by atoms with Gasteiger partial charge in [-0.3, -0.25) is 9.69 Å². The molecule has 0 amide bonds. The van der Waals surface area contributed by atoms with Gasteiger partial charge in [0.1, 0.15) is 0 Å². The Morgan fingerprint density at radius 2 is 2.00 bits per heavy atom. The van der Waals surface area contributed by atoms with Gasteiger partial charge in [0, 0.05) is 18.5 Å². The van der Waals surface area contributed by atoms with Crippen LogP contribution in [-0.2, 0) is 4.79 Å². The van der Waals surface area contributed by atoms with E-state index in [0.717, 1.165) is 19.4 Å². The molecule has 0 aromatic heterocycles. The third-order valence-electron chi connectivity index (χ3n) is 2.29. The predicted molar refractivity (Wildman–Crippen MR) is 61.6 cm³/mol. The summed E-state index contributed by atoms with van der Waals surface area (Å²) < 4.78 is 0. The van der Waals surface area contributed by atoms with Gasteiger partial charge in [-0.1, -0.05) is 0 Å². The molecule has 0 aromatic rings. The first-order valence-electron chi connectivity index (χ1n) is 5.28. The summed E-state index contributed by atoms with van der Waals surface area (Å²) in [5.74, 6) is 1.85. The molecule has 0 radical (unpaired) electrons. The van der Waals surface area contributed by atoms with Crippen molar-refractivity contribution in [2.45, 2.75) is 45.6 Å². The smallest absolute Gasteiger partial charge is 0.304 e. The lowest BCUT2D eigenvalue weighted by atomic mass is 10.0. The molecule has 1 N–H and O–H groups in total. The Balaban J connectivity index is 4.09. The molecule has 0 saturated heterocycles. The van der Waals surface area contributed by atoms with Crippen LogP contribution in [0.3, 0.4) is 0 Å². The number of rotatable bonds is 6. The van der Waals surface area contributed by atoms with Crippen LogP contribution in [0.25, 0.3) is 0 Å². The Labute approximate surface area is 92.5 Å². The maximum atomic E-state index is 10.5. The summed E-state index contributed by atoms with van der Waals surface area (Å²) >= 11 is 0. The highest BCUT2D eigenvalue weighted by Crippen LogP contribution is 2.14. The monoisotopic (exact) mass is 211 g/mol. The van der Waals surface area contributed by atoms with Crippen LogP contribution < -0.4 is 0 Å². The van der Waals surface area contributed by atoms with Gasteiger partial charge in [0.05, 0.1) is 6.42 Å². The molecule has 3 nitrogen and oxygen atoms in total. The van der Waals surface area contributed by atoms with Crippen LogP contribution in [0.5, 0.6) is 0 Å². The summed E-state index contributed by atoms with van der Waals surface area (Å²) in [5.41, 5.74) is 0.00402.